The SMILES string of the molecule is CCc1ccc(C=C2Oc3cc(OC(=O)N(C)C)ccc3C2=O)cc1. The zero-order valence-corrected chi connectivity index (χ0v) is 14.4. The van der Waals surface area contributed by atoms with Crippen LogP contribution < -0.4 is 9.47 Å². The maximum absolute atomic E-state index is 12.5. The molecule has 5 nitrogen and oxygen atoms in total. The summed E-state index contributed by atoms with van der Waals surface area (Å²) < 4.78 is 10.9. The molecule has 1 aliphatic heterocycles. The van der Waals surface area contributed by atoms with Crippen LogP contribution in [0, 0.1) is 0 Å². The molecule has 0 atom stereocenters. The Morgan fingerprint density at radius 2 is 1.88 bits per heavy atom. The lowest BCUT2D eigenvalue weighted by Crippen LogP contribution is -2.25. The van der Waals surface area contributed by atoms with Gasteiger partial charge >= 0.3 is 6.09 Å². The van der Waals surface area contributed by atoms with E-state index >= 15 is 0 Å². The predicted octanol–water partition coefficient (Wildman–Crippen LogP) is 3.93. The number of hydrogen-bond acceptors (Lipinski definition) is 4. The van der Waals surface area contributed by atoms with Gasteiger partial charge in [-0.1, -0.05) is 31.2 Å². The number of benzene rings is 2. The van der Waals surface area contributed by atoms with Crippen LogP contribution in [0.1, 0.15) is 28.4 Å². The van der Waals surface area contributed by atoms with Crippen LogP contribution in [-0.4, -0.2) is 30.9 Å². The molecule has 3 rings (SSSR count). The van der Waals surface area contributed by atoms with Crippen LogP contribution in [0.2, 0.25) is 0 Å². The van der Waals surface area contributed by atoms with Gasteiger partial charge < -0.3 is 14.4 Å². The van der Waals surface area contributed by atoms with Gasteiger partial charge in [-0.2, -0.15) is 0 Å². The summed E-state index contributed by atoms with van der Waals surface area (Å²) in [7, 11) is 3.20. The van der Waals surface area contributed by atoms with Crippen LogP contribution in [0.5, 0.6) is 11.5 Å². The van der Waals surface area contributed by atoms with E-state index in [1.165, 1.54) is 10.5 Å². The summed E-state index contributed by atoms with van der Waals surface area (Å²) in [5.41, 5.74) is 2.59. The van der Waals surface area contributed by atoms with Crippen LogP contribution in [0.25, 0.3) is 6.08 Å². The third-order valence-electron chi connectivity index (χ3n) is 3.90. The average Bonchev–Trinajstić information content (AvgIpc) is 2.91. The molecule has 0 fully saturated rings. The topological polar surface area (TPSA) is 55.8 Å². The minimum atomic E-state index is -0.490. The molecule has 0 saturated heterocycles. The number of hydrogen-bond donors (Lipinski definition) is 0. The van der Waals surface area contributed by atoms with Crippen molar-refractivity contribution in [3.63, 3.8) is 0 Å². The number of carbonyl (C=O) groups excluding carboxylic acids is 2. The van der Waals surface area contributed by atoms with Crippen molar-refractivity contribution in [3.05, 3.63) is 64.9 Å². The van der Waals surface area contributed by atoms with Crippen molar-refractivity contribution in [2.75, 3.05) is 14.1 Å². The Bertz CT molecular complexity index is 850. The Balaban J connectivity index is 1.82. The molecule has 128 valence electrons. The molecule has 0 radical (unpaired) electrons. The highest BCUT2D eigenvalue weighted by Gasteiger charge is 2.28. The summed E-state index contributed by atoms with van der Waals surface area (Å²) in [4.78, 5) is 25.4. The number of fused-ring (bicyclic) bond motifs is 1. The predicted molar refractivity (Wildman–Crippen MR) is 94.9 cm³/mol. The van der Waals surface area contributed by atoms with E-state index in [0.717, 1.165) is 12.0 Å². The summed E-state index contributed by atoms with van der Waals surface area (Å²) in [6.45, 7) is 2.09. The van der Waals surface area contributed by atoms with E-state index in [2.05, 4.69) is 6.92 Å². The summed E-state index contributed by atoms with van der Waals surface area (Å²) in [5, 5.41) is 0. The zero-order valence-electron chi connectivity index (χ0n) is 14.4. The van der Waals surface area contributed by atoms with Gasteiger partial charge in [0, 0.05) is 20.2 Å². The summed E-state index contributed by atoms with van der Waals surface area (Å²) >= 11 is 0. The van der Waals surface area contributed by atoms with Gasteiger partial charge in [-0.15, -0.1) is 0 Å². The number of nitrogens with zero attached hydrogens (tertiary/aromatic N) is 1. The number of rotatable bonds is 3. The summed E-state index contributed by atoms with van der Waals surface area (Å²) in [5.74, 6) is 0.805. The van der Waals surface area contributed by atoms with E-state index in [1.807, 2.05) is 24.3 Å². The smallest absolute Gasteiger partial charge is 0.414 e. The van der Waals surface area contributed by atoms with Gasteiger partial charge in [-0.05, 0) is 35.8 Å². The van der Waals surface area contributed by atoms with Crippen LogP contribution >= 0.6 is 0 Å². The first-order valence-corrected chi connectivity index (χ1v) is 8.04. The molecular formula is C20H19NO4. The standard InChI is InChI=1S/C20H19NO4/c1-4-13-5-7-14(8-6-13)11-18-19(22)16-10-9-15(12-17(16)25-18)24-20(23)21(2)3/h5-12H,4H2,1-3H3. The molecule has 5 heteroatoms. The number of ketones is 1. The number of allylic oxidation sites excluding steroid dienone is 1. The second-order valence-corrected chi connectivity index (χ2v) is 5.96. The summed E-state index contributed by atoms with van der Waals surface area (Å²) in [6.07, 6.45) is 2.19. The van der Waals surface area contributed by atoms with E-state index in [4.69, 9.17) is 9.47 Å². The van der Waals surface area contributed by atoms with Crippen molar-refractivity contribution in [1.29, 1.82) is 0 Å². The van der Waals surface area contributed by atoms with E-state index in [-0.39, 0.29) is 11.5 Å². The van der Waals surface area contributed by atoms with Crippen LogP contribution in [0.4, 0.5) is 4.79 Å². The first-order chi connectivity index (χ1) is 12.0. The van der Waals surface area contributed by atoms with E-state index < -0.39 is 6.09 Å². The minimum absolute atomic E-state index is 0.181. The van der Waals surface area contributed by atoms with Crippen molar-refractivity contribution in [2.45, 2.75) is 13.3 Å². The van der Waals surface area contributed by atoms with Crippen molar-refractivity contribution < 1.29 is 19.1 Å². The second kappa shape index (κ2) is 6.81. The maximum atomic E-state index is 12.5. The van der Waals surface area contributed by atoms with Crippen molar-refractivity contribution >= 4 is 18.0 Å². The molecular weight excluding hydrogens is 318 g/mol. The lowest BCUT2D eigenvalue weighted by Gasteiger charge is -2.10. The summed E-state index contributed by atoms with van der Waals surface area (Å²) in [6, 6.07) is 12.7. The molecule has 0 aliphatic carbocycles. The fraction of sp³-hybridized carbons (Fsp3) is 0.200. The van der Waals surface area contributed by atoms with Gasteiger partial charge in [0.15, 0.2) is 5.76 Å². The number of amides is 1. The van der Waals surface area contributed by atoms with Gasteiger partial charge in [0.1, 0.15) is 11.5 Å². The van der Waals surface area contributed by atoms with Crippen molar-refractivity contribution in [3.8, 4) is 11.5 Å². The molecule has 25 heavy (non-hydrogen) atoms. The average molecular weight is 337 g/mol. The normalized spacial score (nSPS) is 14.2. The van der Waals surface area contributed by atoms with Crippen molar-refractivity contribution in [2.24, 2.45) is 0 Å². The highest BCUT2D eigenvalue weighted by atomic mass is 16.6. The molecule has 0 aromatic heterocycles. The van der Waals surface area contributed by atoms with Crippen molar-refractivity contribution in [1.82, 2.24) is 4.90 Å². The van der Waals surface area contributed by atoms with Gasteiger partial charge in [0.05, 0.1) is 5.56 Å². The van der Waals surface area contributed by atoms with Gasteiger partial charge in [-0.25, -0.2) is 4.79 Å². The molecule has 0 spiro atoms. The zero-order chi connectivity index (χ0) is 18.0. The Morgan fingerprint density at radius 1 is 1.16 bits per heavy atom. The maximum Gasteiger partial charge on any atom is 0.414 e. The Kier molecular flexibility index (Phi) is 4.57. The van der Waals surface area contributed by atoms with Crippen LogP contribution in [0.15, 0.2) is 48.2 Å². The van der Waals surface area contributed by atoms with E-state index in [1.54, 1.807) is 38.4 Å². The second-order valence-electron chi connectivity index (χ2n) is 5.96. The quantitative estimate of drug-likeness (QED) is 0.797. The number of aryl methyl sites for hydroxylation is 1. The molecule has 1 heterocycles. The first kappa shape index (κ1) is 16.8. The van der Waals surface area contributed by atoms with E-state index in [9.17, 15) is 9.59 Å². The third kappa shape index (κ3) is 3.55. The lowest BCUT2D eigenvalue weighted by molar-refractivity contribution is 0.101. The largest absolute Gasteiger partial charge is 0.452 e. The van der Waals surface area contributed by atoms with Gasteiger partial charge in [-0.3, -0.25) is 4.79 Å². The number of ether oxygens (including phenoxy) is 2. The molecule has 1 amide bonds. The molecule has 2 aromatic rings. The van der Waals surface area contributed by atoms with Crippen LogP contribution in [-0.2, 0) is 6.42 Å². The fourth-order valence-corrected chi connectivity index (χ4v) is 2.42. The minimum Gasteiger partial charge on any atom is -0.452 e. The molecule has 0 unspecified atom stereocenters. The molecule has 0 bridgehead atoms. The Labute approximate surface area is 146 Å². The highest BCUT2D eigenvalue weighted by Crippen LogP contribution is 2.35. The fourth-order valence-electron chi connectivity index (χ4n) is 2.42. The van der Waals surface area contributed by atoms with Gasteiger partial charge in [0.2, 0.25) is 5.78 Å². The lowest BCUT2D eigenvalue weighted by atomic mass is 10.1. The Morgan fingerprint density at radius 3 is 2.52 bits per heavy atom. The first-order valence-electron chi connectivity index (χ1n) is 8.04. The van der Waals surface area contributed by atoms with E-state index in [0.29, 0.717) is 17.1 Å². The molecule has 0 N–H and O–H groups in total. The van der Waals surface area contributed by atoms with Gasteiger partial charge in [0.25, 0.3) is 0 Å². The number of Topliss-reactive ketones (excluding diaryl/α,β-unsaturated/α-hetero) is 1. The Hall–Kier alpha value is -3.08. The van der Waals surface area contributed by atoms with Crippen LogP contribution in [0.3, 0.4) is 0 Å². The monoisotopic (exact) mass is 337 g/mol. The molecule has 1 aliphatic rings. The number of carbonyl (C=O) groups is 2. The highest BCUT2D eigenvalue weighted by molar-refractivity contribution is 6.14. The third-order valence-corrected chi connectivity index (χ3v) is 3.90. The molecule has 0 saturated carbocycles. The molecule has 2 aromatic carbocycles.